The van der Waals surface area contributed by atoms with E-state index < -0.39 is 30.1 Å². The van der Waals surface area contributed by atoms with E-state index in [0.29, 0.717) is 0 Å². The number of fused-ring (bicyclic) bond motifs is 2. The number of nitrogens with one attached hydrogen (secondary N) is 1. The minimum Gasteiger partial charge on any atom is -0.380 e. The fraction of sp³-hybridized carbons (Fsp3) is 0.476. The van der Waals surface area contributed by atoms with E-state index in [1.807, 2.05) is 36.5 Å². The van der Waals surface area contributed by atoms with E-state index in [9.17, 15) is 19.8 Å². The smallest absolute Gasteiger partial charge is 0.255 e. The average molecular weight is 398 g/mol. The number of carbonyl (C=O) groups excluding carboxylic acids is 2. The highest BCUT2D eigenvalue weighted by molar-refractivity contribution is 5.91. The Kier molecular flexibility index (Phi) is 5.38. The highest BCUT2D eigenvalue weighted by Gasteiger charge is 2.46. The first-order valence-electron chi connectivity index (χ1n) is 10.0. The standard InChI is InChI=1S/C21H26N4O4/c1-13(14-3-5-15(6-4-14)24-12-2-11-22-24)23-20(28)18(26)19(27)21(29)25-16-7-8-17(25)10-9-16/h2-6,11-13,16-19,26-27H,7-10H2,1H3,(H,23,28)/t13-,16?,17?,18-,19-/m1/s1. The molecule has 1 aromatic heterocycles. The number of rotatable bonds is 6. The van der Waals surface area contributed by atoms with Gasteiger partial charge in [0, 0.05) is 24.5 Å². The summed E-state index contributed by atoms with van der Waals surface area (Å²) in [6.45, 7) is 1.78. The zero-order valence-corrected chi connectivity index (χ0v) is 16.3. The molecule has 0 unspecified atom stereocenters. The third kappa shape index (κ3) is 3.77. The van der Waals surface area contributed by atoms with Crippen LogP contribution in [0.4, 0.5) is 0 Å². The summed E-state index contributed by atoms with van der Waals surface area (Å²) in [6, 6.07) is 9.17. The van der Waals surface area contributed by atoms with Gasteiger partial charge in [0.25, 0.3) is 11.8 Å². The van der Waals surface area contributed by atoms with Crippen LogP contribution in [0.25, 0.3) is 5.69 Å². The van der Waals surface area contributed by atoms with Crippen LogP contribution in [0, 0.1) is 0 Å². The van der Waals surface area contributed by atoms with Crippen LogP contribution < -0.4 is 5.32 Å². The lowest BCUT2D eigenvalue weighted by Gasteiger charge is -2.27. The van der Waals surface area contributed by atoms with Crippen molar-refractivity contribution in [2.24, 2.45) is 0 Å². The average Bonchev–Trinajstić information content (AvgIpc) is 3.49. The van der Waals surface area contributed by atoms with Crippen molar-refractivity contribution in [2.75, 3.05) is 0 Å². The highest BCUT2D eigenvalue weighted by Crippen LogP contribution is 2.37. The lowest BCUT2D eigenvalue weighted by molar-refractivity contribution is -0.154. The monoisotopic (exact) mass is 398 g/mol. The fourth-order valence-electron chi connectivity index (χ4n) is 4.42. The van der Waals surface area contributed by atoms with Crippen molar-refractivity contribution in [3.05, 3.63) is 48.3 Å². The molecule has 2 bridgehead atoms. The van der Waals surface area contributed by atoms with Crippen molar-refractivity contribution in [3.8, 4) is 5.69 Å². The molecule has 0 radical (unpaired) electrons. The van der Waals surface area contributed by atoms with Crippen molar-refractivity contribution < 1.29 is 19.8 Å². The summed E-state index contributed by atoms with van der Waals surface area (Å²) in [7, 11) is 0. The van der Waals surface area contributed by atoms with Crippen LogP contribution in [0.1, 0.15) is 44.2 Å². The zero-order valence-electron chi connectivity index (χ0n) is 16.3. The van der Waals surface area contributed by atoms with E-state index in [1.165, 1.54) is 0 Å². The van der Waals surface area contributed by atoms with Gasteiger partial charge >= 0.3 is 0 Å². The molecule has 4 rings (SSSR count). The lowest BCUT2D eigenvalue weighted by Crippen LogP contribution is -2.52. The number of hydrogen-bond acceptors (Lipinski definition) is 5. The van der Waals surface area contributed by atoms with E-state index >= 15 is 0 Å². The highest BCUT2D eigenvalue weighted by atomic mass is 16.3. The van der Waals surface area contributed by atoms with Crippen LogP contribution in [0.15, 0.2) is 42.7 Å². The minimum atomic E-state index is -1.80. The molecule has 0 aliphatic carbocycles. The first-order chi connectivity index (χ1) is 14.0. The van der Waals surface area contributed by atoms with Crippen molar-refractivity contribution in [3.63, 3.8) is 0 Å². The van der Waals surface area contributed by atoms with Crippen LogP contribution in [-0.4, -0.2) is 61.0 Å². The van der Waals surface area contributed by atoms with E-state index in [-0.39, 0.29) is 12.1 Å². The lowest BCUT2D eigenvalue weighted by atomic mass is 10.0. The number of aromatic nitrogens is 2. The van der Waals surface area contributed by atoms with Gasteiger partial charge in [-0.25, -0.2) is 4.68 Å². The summed E-state index contributed by atoms with van der Waals surface area (Å²) in [5.41, 5.74) is 1.72. The predicted molar refractivity (Wildman–Crippen MR) is 105 cm³/mol. The fourth-order valence-corrected chi connectivity index (χ4v) is 4.42. The Morgan fingerprint density at radius 2 is 1.69 bits per heavy atom. The molecule has 2 saturated heterocycles. The molecule has 2 amide bonds. The molecule has 3 heterocycles. The molecular weight excluding hydrogens is 372 g/mol. The molecule has 2 aliphatic rings. The molecule has 2 aromatic rings. The van der Waals surface area contributed by atoms with Gasteiger partial charge in [-0.3, -0.25) is 9.59 Å². The Bertz CT molecular complexity index is 847. The molecule has 3 N–H and O–H groups in total. The maximum Gasteiger partial charge on any atom is 0.255 e. The van der Waals surface area contributed by atoms with Gasteiger partial charge in [-0.15, -0.1) is 0 Å². The molecule has 3 atom stereocenters. The second-order valence-corrected chi connectivity index (χ2v) is 7.87. The van der Waals surface area contributed by atoms with Crippen LogP contribution in [0.2, 0.25) is 0 Å². The Morgan fingerprint density at radius 1 is 1.07 bits per heavy atom. The quantitative estimate of drug-likeness (QED) is 0.671. The predicted octanol–water partition coefficient (Wildman–Crippen LogP) is 0.925. The largest absolute Gasteiger partial charge is 0.380 e. The number of aliphatic hydroxyl groups excluding tert-OH is 2. The molecule has 0 saturated carbocycles. The number of aliphatic hydroxyl groups is 2. The third-order valence-electron chi connectivity index (χ3n) is 6.05. The van der Waals surface area contributed by atoms with Gasteiger partial charge in [0.1, 0.15) is 0 Å². The van der Waals surface area contributed by atoms with E-state index in [1.54, 1.807) is 22.7 Å². The maximum absolute atomic E-state index is 12.6. The van der Waals surface area contributed by atoms with E-state index in [0.717, 1.165) is 36.9 Å². The topological polar surface area (TPSA) is 108 Å². The SMILES string of the molecule is C[C@@H](NC(=O)[C@H](O)[C@@H](O)C(=O)N1C2CCC1CC2)c1ccc(-n2cccn2)cc1. The van der Waals surface area contributed by atoms with Gasteiger partial charge in [-0.05, 0) is 56.4 Å². The second kappa shape index (κ2) is 7.96. The van der Waals surface area contributed by atoms with Crippen LogP contribution >= 0.6 is 0 Å². The molecular formula is C21H26N4O4. The Labute approximate surface area is 169 Å². The molecule has 0 spiro atoms. The first-order valence-corrected chi connectivity index (χ1v) is 10.0. The summed E-state index contributed by atoms with van der Waals surface area (Å²) in [5, 5.41) is 27.4. The number of hydrogen-bond donors (Lipinski definition) is 3. The van der Waals surface area contributed by atoms with Crippen molar-refractivity contribution in [2.45, 2.75) is 62.9 Å². The van der Waals surface area contributed by atoms with Crippen molar-refractivity contribution >= 4 is 11.8 Å². The van der Waals surface area contributed by atoms with Crippen molar-refractivity contribution in [1.29, 1.82) is 0 Å². The molecule has 154 valence electrons. The normalized spacial score (nSPS) is 23.6. The van der Waals surface area contributed by atoms with Crippen molar-refractivity contribution in [1.82, 2.24) is 20.0 Å². The van der Waals surface area contributed by atoms with Gasteiger partial charge in [0.05, 0.1) is 11.7 Å². The van der Waals surface area contributed by atoms with Gasteiger partial charge in [0.2, 0.25) is 0 Å². The molecule has 8 heteroatoms. The molecule has 2 fully saturated rings. The van der Waals surface area contributed by atoms with Crippen LogP contribution in [0.3, 0.4) is 0 Å². The Morgan fingerprint density at radius 3 is 2.24 bits per heavy atom. The number of carbonyl (C=O) groups is 2. The molecule has 29 heavy (non-hydrogen) atoms. The summed E-state index contributed by atoms with van der Waals surface area (Å²) in [6.07, 6.45) is 3.70. The number of benzene rings is 1. The third-order valence-corrected chi connectivity index (χ3v) is 6.05. The van der Waals surface area contributed by atoms with E-state index in [4.69, 9.17) is 0 Å². The summed E-state index contributed by atoms with van der Waals surface area (Å²) >= 11 is 0. The molecule has 1 aromatic carbocycles. The summed E-state index contributed by atoms with van der Waals surface area (Å²) in [5.74, 6) is -1.31. The summed E-state index contributed by atoms with van der Waals surface area (Å²) < 4.78 is 1.73. The van der Waals surface area contributed by atoms with Gasteiger partial charge in [-0.2, -0.15) is 5.10 Å². The van der Waals surface area contributed by atoms with Gasteiger partial charge in [0.15, 0.2) is 12.2 Å². The van der Waals surface area contributed by atoms with E-state index in [2.05, 4.69) is 10.4 Å². The van der Waals surface area contributed by atoms with Gasteiger partial charge in [-0.1, -0.05) is 12.1 Å². The number of nitrogens with zero attached hydrogens (tertiary/aromatic N) is 3. The van der Waals surface area contributed by atoms with Crippen LogP contribution in [0.5, 0.6) is 0 Å². The first kappa shape index (κ1) is 19.6. The zero-order chi connectivity index (χ0) is 20.5. The number of amides is 2. The Balaban J connectivity index is 1.36. The van der Waals surface area contributed by atoms with Crippen LogP contribution in [-0.2, 0) is 9.59 Å². The second-order valence-electron chi connectivity index (χ2n) is 7.87. The molecule has 8 nitrogen and oxygen atoms in total. The van der Waals surface area contributed by atoms with Gasteiger partial charge < -0.3 is 20.4 Å². The Hall–Kier alpha value is -2.71. The molecule has 2 aliphatic heterocycles. The maximum atomic E-state index is 12.6. The summed E-state index contributed by atoms with van der Waals surface area (Å²) in [4.78, 5) is 26.7. The minimum absolute atomic E-state index is 0.129.